The van der Waals surface area contributed by atoms with Crippen LogP contribution in [0, 0.1) is 0 Å². The molecule has 0 saturated carbocycles. The van der Waals surface area contributed by atoms with Crippen LogP contribution in [0.15, 0.2) is 54.6 Å². The van der Waals surface area contributed by atoms with Crippen LogP contribution in [-0.4, -0.2) is 30.7 Å². The van der Waals surface area contributed by atoms with Gasteiger partial charge in [0.05, 0.1) is 18.7 Å². The highest BCUT2D eigenvalue weighted by Gasteiger charge is 2.59. The maximum atomic E-state index is 13.6. The minimum Gasteiger partial charge on any atom is -0.454 e. The lowest BCUT2D eigenvalue weighted by atomic mass is 9.72. The smallest absolute Gasteiger partial charge is 0.410 e. The molecule has 0 bridgehead atoms. The highest BCUT2D eigenvalue weighted by Crippen LogP contribution is 2.63. The summed E-state index contributed by atoms with van der Waals surface area (Å²) >= 11 is 0. The SMILES string of the molecule is O=C(OCc1ccccc1)N1Cc2c(ccc3c2OCO3)[C@H]2[C@H]3O[C@H]3c3cc4c(cc3[C@H]21)OCO4. The number of nitrogens with zero attached hydrogens (tertiary/aromatic N) is 1. The molecule has 4 atom stereocenters. The van der Waals surface area contributed by atoms with Gasteiger partial charge in [0.1, 0.15) is 12.7 Å². The van der Waals surface area contributed by atoms with Gasteiger partial charge in [0, 0.05) is 11.5 Å². The second-order valence-corrected chi connectivity index (χ2v) is 9.36. The van der Waals surface area contributed by atoms with E-state index < -0.39 is 0 Å². The van der Waals surface area contributed by atoms with Gasteiger partial charge in [-0.15, -0.1) is 0 Å². The van der Waals surface area contributed by atoms with Crippen molar-refractivity contribution in [1.82, 2.24) is 4.90 Å². The fraction of sp³-hybridized carbons (Fsp3) is 0.296. The normalized spacial score (nSPS) is 25.8. The first-order valence-electron chi connectivity index (χ1n) is 11.7. The van der Waals surface area contributed by atoms with E-state index in [0.29, 0.717) is 29.5 Å². The second kappa shape index (κ2) is 7.05. The van der Waals surface area contributed by atoms with Gasteiger partial charge in [-0.05, 0) is 40.5 Å². The summed E-state index contributed by atoms with van der Waals surface area (Å²) < 4.78 is 34.8. The minimum absolute atomic E-state index is 0.0423. The molecule has 4 heterocycles. The molecule has 8 nitrogen and oxygen atoms in total. The number of carbonyl (C=O) groups excluding carboxylic acids is 1. The van der Waals surface area contributed by atoms with Crippen molar-refractivity contribution in [2.45, 2.75) is 37.3 Å². The molecule has 1 amide bonds. The van der Waals surface area contributed by atoms with Crippen molar-refractivity contribution in [3.63, 3.8) is 0 Å². The molecule has 8 heteroatoms. The Morgan fingerprint density at radius 1 is 0.886 bits per heavy atom. The Kier molecular flexibility index (Phi) is 3.91. The van der Waals surface area contributed by atoms with E-state index in [2.05, 4.69) is 6.07 Å². The molecule has 0 unspecified atom stereocenters. The molecule has 35 heavy (non-hydrogen) atoms. The predicted molar refractivity (Wildman–Crippen MR) is 120 cm³/mol. The first-order chi connectivity index (χ1) is 17.3. The Morgan fingerprint density at radius 2 is 1.66 bits per heavy atom. The van der Waals surface area contributed by atoms with Crippen molar-refractivity contribution in [3.8, 4) is 23.0 Å². The van der Waals surface area contributed by atoms with E-state index >= 15 is 0 Å². The summed E-state index contributed by atoms with van der Waals surface area (Å²) in [5.74, 6) is 2.75. The molecule has 8 rings (SSSR count). The average Bonchev–Trinajstić information content (AvgIpc) is 3.31. The van der Waals surface area contributed by atoms with Crippen molar-refractivity contribution < 1.29 is 33.2 Å². The maximum Gasteiger partial charge on any atom is 0.410 e. The number of carbonyl (C=O) groups is 1. The molecule has 0 spiro atoms. The summed E-state index contributed by atoms with van der Waals surface area (Å²) in [7, 11) is 0. The fourth-order valence-corrected chi connectivity index (χ4v) is 5.97. The first-order valence-corrected chi connectivity index (χ1v) is 11.7. The maximum absolute atomic E-state index is 13.6. The van der Waals surface area contributed by atoms with Gasteiger partial charge in [0.15, 0.2) is 23.0 Å². The lowest BCUT2D eigenvalue weighted by Crippen LogP contribution is -2.44. The van der Waals surface area contributed by atoms with Gasteiger partial charge in [-0.2, -0.15) is 0 Å². The highest BCUT2D eigenvalue weighted by molar-refractivity contribution is 5.72. The molecule has 1 fully saturated rings. The van der Waals surface area contributed by atoms with Gasteiger partial charge in [0.25, 0.3) is 0 Å². The molecule has 176 valence electrons. The van der Waals surface area contributed by atoms with Crippen LogP contribution in [0.2, 0.25) is 0 Å². The van der Waals surface area contributed by atoms with Gasteiger partial charge in [-0.1, -0.05) is 36.4 Å². The Bertz CT molecular complexity index is 1370. The van der Waals surface area contributed by atoms with Gasteiger partial charge in [-0.3, -0.25) is 4.90 Å². The predicted octanol–water partition coefficient (Wildman–Crippen LogP) is 4.57. The quantitative estimate of drug-likeness (QED) is 0.507. The monoisotopic (exact) mass is 471 g/mol. The minimum atomic E-state index is -0.381. The van der Waals surface area contributed by atoms with Crippen LogP contribution in [0.4, 0.5) is 4.79 Å². The molecule has 1 aliphatic carbocycles. The van der Waals surface area contributed by atoms with E-state index in [1.807, 2.05) is 48.5 Å². The van der Waals surface area contributed by atoms with Crippen molar-refractivity contribution in [3.05, 3.63) is 82.4 Å². The van der Waals surface area contributed by atoms with Gasteiger partial charge >= 0.3 is 6.09 Å². The third-order valence-electron chi connectivity index (χ3n) is 7.56. The summed E-state index contributed by atoms with van der Waals surface area (Å²) in [6.45, 7) is 0.912. The Hall–Kier alpha value is -3.91. The Labute approximate surface area is 200 Å². The van der Waals surface area contributed by atoms with Gasteiger partial charge in [0.2, 0.25) is 13.6 Å². The van der Waals surface area contributed by atoms with Gasteiger partial charge < -0.3 is 28.4 Å². The van der Waals surface area contributed by atoms with Crippen LogP contribution in [0.25, 0.3) is 0 Å². The number of ether oxygens (including phenoxy) is 6. The summed E-state index contributed by atoms with van der Waals surface area (Å²) in [6.07, 6.45) is -0.468. The molecular formula is C27H21NO7. The third-order valence-corrected chi connectivity index (χ3v) is 7.56. The number of hydrogen-bond acceptors (Lipinski definition) is 7. The number of fused-ring (bicyclic) bond motifs is 11. The first kappa shape index (κ1) is 19.4. The molecule has 0 radical (unpaired) electrons. The van der Waals surface area contributed by atoms with Crippen LogP contribution in [-0.2, 0) is 22.6 Å². The summed E-state index contributed by atoms with van der Waals surface area (Å²) in [5, 5.41) is 0. The zero-order chi connectivity index (χ0) is 23.1. The molecular weight excluding hydrogens is 450 g/mol. The van der Waals surface area contributed by atoms with Crippen LogP contribution in [0.3, 0.4) is 0 Å². The van der Waals surface area contributed by atoms with Crippen molar-refractivity contribution in [1.29, 1.82) is 0 Å². The molecule has 0 N–H and O–H groups in total. The molecule has 3 aromatic carbocycles. The van der Waals surface area contributed by atoms with Crippen molar-refractivity contribution in [2.75, 3.05) is 13.6 Å². The van der Waals surface area contributed by atoms with E-state index in [-0.39, 0.29) is 50.5 Å². The number of rotatable bonds is 2. The molecule has 5 aliphatic rings. The average molecular weight is 471 g/mol. The number of epoxide rings is 1. The Balaban J connectivity index is 1.24. The van der Waals surface area contributed by atoms with Crippen LogP contribution >= 0.6 is 0 Å². The van der Waals surface area contributed by atoms with E-state index in [0.717, 1.165) is 27.8 Å². The van der Waals surface area contributed by atoms with E-state index in [1.165, 1.54) is 0 Å². The molecule has 0 aromatic heterocycles. The Morgan fingerprint density at radius 3 is 2.51 bits per heavy atom. The molecule has 3 aromatic rings. The lowest BCUT2D eigenvalue weighted by Gasteiger charge is -2.44. The summed E-state index contributed by atoms with van der Waals surface area (Å²) in [4.78, 5) is 15.4. The second-order valence-electron chi connectivity index (χ2n) is 9.36. The van der Waals surface area contributed by atoms with Crippen molar-refractivity contribution in [2.24, 2.45) is 0 Å². The van der Waals surface area contributed by atoms with E-state index in [4.69, 9.17) is 28.4 Å². The lowest BCUT2D eigenvalue weighted by molar-refractivity contribution is 0.0610. The molecule has 4 aliphatic heterocycles. The third kappa shape index (κ3) is 2.80. The van der Waals surface area contributed by atoms with E-state index in [1.54, 1.807) is 4.90 Å². The van der Waals surface area contributed by atoms with Crippen LogP contribution in [0.1, 0.15) is 45.9 Å². The number of benzene rings is 3. The largest absolute Gasteiger partial charge is 0.454 e. The number of hydrogen-bond donors (Lipinski definition) is 0. The topological polar surface area (TPSA) is 79.0 Å². The zero-order valence-corrected chi connectivity index (χ0v) is 18.6. The summed E-state index contributed by atoms with van der Waals surface area (Å²) in [6, 6.07) is 17.5. The van der Waals surface area contributed by atoms with Crippen molar-refractivity contribution >= 4 is 6.09 Å². The zero-order valence-electron chi connectivity index (χ0n) is 18.6. The number of amides is 1. The van der Waals surface area contributed by atoms with Gasteiger partial charge in [-0.25, -0.2) is 4.79 Å². The van der Waals surface area contributed by atoms with Crippen LogP contribution in [0.5, 0.6) is 23.0 Å². The molecule has 1 saturated heterocycles. The summed E-state index contributed by atoms with van der Waals surface area (Å²) in [5.41, 5.74) is 5.08. The fourth-order valence-electron chi connectivity index (χ4n) is 5.97. The van der Waals surface area contributed by atoms with E-state index in [9.17, 15) is 4.79 Å². The highest BCUT2D eigenvalue weighted by atomic mass is 16.7. The standard InChI is InChI=1S/C27H21NO7/c29-27(30-11-14-4-2-1-3-5-14)28-10-18-15(6-7-19-24(18)34-13-31-19)22-23(28)16-8-20-21(33-12-32-20)9-17(16)25-26(22)35-25/h1-9,22-23,25-26H,10-13H2/t22-,23-,25+,26-/m1/s1. The van der Waals surface area contributed by atoms with Crippen LogP contribution < -0.4 is 18.9 Å².